The fourth-order valence-electron chi connectivity index (χ4n) is 3.23. The van der Waals surface area contributed by atoms with Gasteiger partial charge in [0, 0.05) is 19.8 Å². The van der Waals surface area contributed by atoms with Crippen molar-refractivity contribution >= 4 is 29.7 Å². The molecule has 2 rings (SSSR count). The van der Waals surface area contributed by atoms with Gasteiger partial charge in [-0.05, 0) is 17.7 Å². The van der Waals surface area contributed by atoms with Crippen LogP contribution in [0.5, 0.6) is 5.75 Å². The molecule has 10 nitrogen and oxygen atoms in total. The maximum Gasteiger partial charge on any atom is 0.335 e. The number of aliphatic hydroxyl groups is 1. The van der Waals surface area contributed by atoms with Gasteiger partial charge in [-0.15, -0.1) is 0 Å². The van der Waals surface area contributed by atoms with E-state index in [9.17, 15) is 14.4 Å². The van der Waals surface area contributed by atoms with Crippen molar-refractivity contribution in [2.24, 2.45) is 5.92 Å². The Morgan fingerprint density at radius 1 is 1.16 bits per heavy atom. The van der Waals surface area contributed by atoms with Crippen molar-refractivity contribution in [3.8, 4) is 5.75 Å². The smallest absolute Gasteiger partial charge is 0.335 e. The number of aliphatic hydroxyl groups excluding tert-OH is 1. The van der Waals surface area contributed by atoms with E-state index < -0.39 is 48.4 Å². The summed E-state index contributed by atoms with van der Waals surface area (Å²) in [6.07, 6.45) is -1.43. The number of nitrogen functional groups attached to an aromatic ring is 1. The molecule has 170 valence electrons. The molecule has 1 aliphatic rings. The van der Waals surface area contributed by atoms with E-state index in [1.165, 1.54) is 21.0 Å². The third-order valence-electron chi connectivity index (χ3n) is 4.60. The normalized spacial score (nSPS) is 25.6. The second-order valence-electron chi connectivity index (χ2n) is 6.96. The molecule has 5 atom stereocenters. The van der Waals surface area contributed by atoms with Crippen molar-refractivity contribution in [2.45, 2.75) is 45.4 Å². The highest BCUT2D eigenvalue weighted by molar-refractivity contribution is 5.75. The molecule has 1 aromatic carbocycles. The van der Waals surface area contributed by atoms with E-state index in [0.717, 1.165) is 5.56 Å². The summed E-state index contributed by atoms with van der Waals surface area (Å²) in [5, 5.41) is 8.89. The molecule has 0 saturated carbocycles. The first-order valence-corrected chi connectivity index (χ1v) is 9.59. The van der Waals surface area contributed by atoms with Crippen LogP contribution in [-0.2, 0) is 33.3 Å². The van der Waals surface area contributed by atoms with Crippen molar-refractivity contribution < 1.29 is 43.2 Å². The van der Waals surface area contributed by atoms with Gasteiger partial charge in [0.1, 0.15) is 5.75 Å². The zero-order valence-electron chi connectivity index (χ0n) is 17.8. The molecule has 1 heterocycles. The quantitative estimate of drug-likeness (QED) is 0.361. The maximum atomic E-state index is 12.2. The number of rotatable bonds is 7. The lowest BCUT2D eigenvalue weighted by Crippen LogP contribution is -2.60. The Bertz CT molecular complexity index is 838. The number of hydrogen-bond acceptors (Lipinski definition) is 10. The number of methoxy groups -OCH3 is 1. The minimum absolute atomic E-state index is 0.122. The highest BCUT2D eigenvalue weighted by atomic mass is 16.7. The molecule has 1 aliphatic heterocycles. The Morgan fingerprint density at radius 2 is 1.81 bits per heavy atom. The third-order valence-corrected chi connectivity index (χ3v) is 4.60. The molecule has 0 aliphatic carbocycles. The van der Waals surface area contributed by atoms with Gasteiger partial charge in [0.25, 0.3) is 0 Å². The van der Waals surface area contributed by atoms with E-state index in [4.69, 9.17) is 34.5 Å². The monoisotopic (exact) mass is 437 g/mol. The average molecular weight is 437 g/mol. The first-order valence-electron chi connectivity index (χ1n) is 9.59. The van der Waals surface area contributed by atoms with E-state index in [0.29, 0.717) is 0 Å². The number of esters is 3. The van der Waals surface area contributed by atoms with Crippen LogP contribution in [0.2, 0.25) is 0 Å². The first kappa shape index (κ1) is 24.2. The largest absolute Gasteiger partial charge is 0.467 e. The van der Waals surface area contributed by atoms with Gasteiger partial charge in [0.05, 0.1) is 19.4 Å². The van der Waals surface area contributed by atoms with Gasteiger partial charge in [-0.1, -0.05) is 25.1 Å². The lowest BCUT2D eigenvalue weighted by atomic mass is 9.90. The number of nitrogens with two attached hydrogens (primary N) is 1. The van der Waals surface area contributed by atoms with Crippen molar-refractivity contribution in [2.75, 3.05) is 19.5 Å². The Kier molecular flexibility index (Phi) is 8.40. The summed E-state index contributed by atoms with van der Waals surface area (Å²) >= 11 is 0. The van der Waals surface area contributed by atoms with Gasteiger partial charge in [-0.2, -0.15) is 0 Å². The summed E-state index contributed by atoms with van der Waals surface area (Å²) < 4.78 is 27.1. The first-order chi connectivity index (χ1) is 14.7. The maximum absolute atomic E-state index is 12.2. The van der Waals surface area contributed by atoms with Crippen LogP contribution in [0.3, 0.4) is 0 Å². The summed E-state index contributed by atoms with van der Waals surface area (Å²) in [5.41, 5.74) is 7.02. The van der Waals surface area contributed by atoms with Crippen LogP contribution in [0, 0.1) is 5.92 Å². The predicted octanol–water partition coefficient (Wildman–Crippen LogP) is 1.05. The molecule has 1 unspecified atom stereocenters. The number of carbonyl (C=O) groups excluding carboxylic acids is 3. The minimum atomic E-state index is -1.31. The molecule has 0 amide bonds. The van der Waals surface area contributed by atoms with Crippen molar-refractivity contribution in [3.05, 3.63) is 29.8 Å². The zero-order chi connectivity index (χ0) is 23.1. The molecular weight excluding hydrogens is 410 g/mol. The molecule has 0 radical (unpaired) electrons. The number of carbonyl (C=O) groups is 3. The van der Waals surface area contributed by atoms with Gasteiger partial charge < -0.3 is 34.5 Å². The molecule has 1 aromatic rings. The molecule has 31 heavy (non-hydrogen) atoms. The summed E-state index contributed by atoms with van der Waals surface area (Å²) in [5.74, 6) is -2.47. The number of hydrogen-bond donors (Lipinski definition) is 2. The van der Waals surface area contributed by atoms with Crippen molar-refractivity contribution in [3.63, 3.8) is 0 Å². The molecular formula is C21H27NO9. The van der Waals surface area contributed by atoms with Gasteiger partial charge in [0.15, 0.2) is 12.2 Å². The third kappa shape index (κ3) is 6.19. The highest BCUT2D eigenvalue weighted by Crippen LogP contribution is 2.34. The molecule has 0 spiro atoms. The molecule has 0 aromatic heterocycles. The Hall–Kier alpha value is -3.11. The SMILES string of the molecule is COC(=O)[C@H]1OC(Oc2ccc(/C=C/CO)cc2N)[C@H](OC(C)=O)[C@@H](OC(C)=O)[C@@H]1C. The van der Waals surface area contributed by atoms with Crippen LogP contribution in [0.15, 0.2) is 24.3 Å². The zero-order valence-corrected chi connectivity index (χ0v) is 17.8. The summed E-state index contributed by atoms with van der Waals surface area (Å²) in [4.78, 5) is 35.6. The van der Waals surface area contributed by atoms with E-state index >= 15 is 0 Å². The molecule has 1 saturated heterocycles. The van der Waals surface area contributed by atoms with Crippen LogP contribution in [0.1, 0.15) is 26.3 Å². The minimum Gasteiger partial charge on any atom is -0.467 e. The Morgan fingerprint density at radius 3 is 2.35 bits per heavy atom. The van der Waals surface area contributed by atoms with Gasteiger partial charge in [0.2, 0.25) is 12.4 Å². The molecule has 1 fully saturated rings. The summed E-state index contributed by atoms with van der Waals surface area (Å²) in [6.45, 7) is 3.88. The van der Waals surface area contributed by atoms with E-state index in [-0.39, 0.29) is 18.0 Å². The summed E-state index contributed by atoms with van der Waals surface area (Å²) in [7, 11) is 1.20. The van der Waals surface area contributed by atoms with Gasteiger partial charge >= 0.3 is 17.9 Å². The number of ether oxygens (including phenoxy) is 5. The van der Waals surface area contributed by atoms with Crippen LogP contribution >= 0.6 is 0 Å². The summed E-state index contributed by atoms with van der Waals surface area (Å²) in [6, 6.07) is 4.85. The second-order valence-corrected chi connectivity index (χ2v) is 6.96. The van der Waals surface area contributed by atoms with E-state index in [1.54, 1.807) is 37.3 Å². The highest BCUT2D eigenvalue weighted by Gasteiger charge is 2.52. The lowest BCUT2D eigenvalue weighted by Gasteiger charge is -2.42. The predicted molar refractivity (Wildman–Crippen MR) is 109 cm³/mol. The molecule has 10 heteroatoms. The van der Waals surface area contributed by atoms with Gasteiger partial charge in [-0.3, -0.25) is 9.59 Å². The van der Waals surface area contributed by atoms with Crippen LogP contribution in [-0.4, -0.2) is 61.3 Å². The van der Waals surface area contributed by atoms with Crippen molar-refractivity contribution in [1.29, 1.82) is 0 Å². The number of anilines is 1. The Labute approximate surface area is 179 Å². The number of benzene rings is 1. The average Bonchev–Trinajstić information content (AvgIpc) is 2.71. The van der Waals surface area contributed by atoms with Crippen LogP contribution in [0.25, 0.3) is 6.08 Å². The molecule has 0 bridgehead atoms. The van der Waals surface area contributed by atoms with E-state index in [1.807, 2.05) is 0 Å². The standard InChI is InChI=1S/C21H27NO9/c1-11-17(28-12(2)24)19(29-13(3)25)21(31-18(11)20(26)27-4)30-16-8-7-14(6-5-9-23)10-15(16)22/h5-8,10-11,17-19,21,23H,9,22H2,1-4H3/b6-5+/t11-,17-,18-,19+,21?/m0/s1. The molecule has 3 N–H and O–H groups in total. The van der Waals surface area contributed by atoms with E-state index in [2.05, 4.69) is 0 Å². The fraction of sp³-hybridized carbons (Fsp3) is 0.476. The topological polar surface area (TPSA) is 144 Å². The van der Waals surface area contributed by atoms with Crippen LogP contribution < -0.4 is 10.5 Å². The van der Waals surface area contributed by atoms with Crippen molar-refractivity contribution in [1.82, 2.24) is 0 Å². The lowest BCUT2D eigenvalue weighted by molar-refractivity contribution is -0.266. The fourth-order valence-corrected chi connectivity index (χ4v) is 3.23. The van der Waals surface area contributed by atoms with Crippen LogP contribution in [0.4, 0.5) is 5.69 Å². The Balaban J connectivity index is 2.39. The second kappa shape index (κ2) is 10.8. The van der Waals surface area contributed by atoms with Gasteiger partial charge in [-0.25, -0.2) is 4.79 Å².